The molecular formula is C24H23ClN2O3. The first-order valence-corrected chi connectivity index (χ1v) is 10.4. The van der Waals surface area contributed by atoms with Gasteiger partial charge in [-0.3, -0.25) is 9.59 Å². The third kappa shape index (κ3) is 4.74. The first-order chi connectivity index (χ1) is 14.6. The van der Waals surface area contributed by atoms with Crippen LogP contribution in [0.15, 0.2) is 66.7 Å². The number of anilines is 1. The van der Waals surface area contributed by atoms with Gasteiger partial charge in [-0.1, -0.05) is 60.1 Å². The number of hydrogen-bond donors (Lipinski definition) is 0. The molecule has 1 aliphatic heterocycles. The van der Waals surface area contributed by atoms with Crippen molar-refractivity contribution in [3.63, 3.8) is 0 Å². The molecule has 5 nitrogen and oxygen atoms in total. The molecule has 1 saturated heterocycles. The fraction of sp³-hybridized carbons (Fsp3) is 0.250. The fourth-order valence-corrected chi connectivity index (χ4v) is 3.96. The van der Waals surface area contributed by atoms with E-state index in [-0.39, 0.29) is 18.9 Å². The van der Waals surface area contributed by atoms with Crippen LogP contribution in [0.1, 0.15) is 5.56 Å². The highest BCUT2D eigenvalue weighted by Crippen LogP contribution is 2.21. The summed E-state index contributed by atoms with van der Waals surface area (Å²) in [5.74, 6) is -0.552. The van der Waals surface area contributed by atoms with Gasteiger partial charge in [-0.15, -0.1) is 0 Å². The van der Waals surface area contributed by atoms with Crippen molar-refractivity contribution in [2.75, 3.05) is 37.7 Å². The number of nitrogens with zero attached hydrogens (tertiary/aromatic N) is 2. The molecule has 0 aromatic heterocycles. The zero-order chi connectivity index (χ0) is 20.9. The van der Waals surface area contributed by atoms with Gasteiger partial charge in [-0.25, -0.2) is 0 Å². The highest BCUT2D eigenvalue weighted by Gasteiger charge is 2.22. The lowest BCUT2D eigenvalue weighted by molar-refractivity contribution is -0.151. The van der Waals surface area contributed by atoms with E-state index in [0.29, 0.717) is 18.1 Å². The number of hydrogen-bond acceptors (Lipinski definition) is 4. The number of benzene rings is 3. The van der Waals surface area contributed by atoms with Crippen LogP contribution in [0.5, 0.6) is 0 Å². The summed E-state index contributed by atoms with van der Waals surface area (Å²) in [7, 11) is 0. The van der Waals surface area contributed by atoms with Gasteiger partial charge in [0.15, 0.2) is 6.61 Å². The second-order valence-electron chi connectivity index (χ2n) is 7.32. The average Bonchev–Trinajstić information content (AvgIpc) is 2.78. The van der Waals surface area contributed by atoms with E-state index in [2.05, 4.69) is 4.90 Å². The largest absolute Gasteiger partial charge is 0.455 e. The molecule has 30 heavy (non-hydrogen) atoms. The number of halogens is 1. The van der Waals surface area contributed by atoms with Gasteiger partial charge < -0.3 is 14.5 Å². The molecule has 1 heterocycles. The van der Waals surface area contributed by atoms with E-state index < -0.39 is 5.97 Å². The molecule has 0 saturated carbocycles. The van der Waals surface area contributed by atoms with Crippen LogP contribution in [0.25, 0.3) is 10.8 Å². The maximum Gasteiger partial charge on any atom is 0.310 e. The summed E-state index contributed by atoms with van der Waals surface area (Å²) in [4.78, 5) is 28.7. The van der Waals surface area contributed by atoms with Crippen LogP contribution in [0.4, 0.5) is 5.69 Å². The molecule has 4 rings (SSSR count). The minimum Gasteiger partial charge on any atom is -0.455 e. The first kappa shape index (κ1) is 20.2. The first-order valence-electron chi connectivity index (χ1n) is 10.0. The molecule has 0 spiro atoms. The van der Waals surface area contributed by atoms with E-state index in [1.165, 1.54) is 0 Å². The van der Waals surface area contributed by atoms with Crippen LogP contribution >= 0.6 is 11.6 Å². The van der Waals surface area contributed by atoms with E-state index >= 15 is 0 Å². The topological polar surface area (TPSA) is 49.9 Å². The van der Waals surface area contributed by atoms with Crippen molar-refractivity contribution in [1.82, 2.24) is 4.90 Å². The Bertz CT molecular complexity index is 1060. The third-order valence-electron chi connectivity index (χ3n) is 5.38. The van der Waals surface area contributed by atoms with Crippen LogP contribution in [-0.2, 0) is 20.7 Å². The number of esters is 1. The van der Waals surface area contributed by atoms with Gasteiger partial charge in [0.2, 0.25) is 0 Å². The molecule has 0 N–H and O–H groups in total. The van der Waals surface area contributed by atoms with Crippen molar-refractivity contribution in [1.29, 1.82) is 0 Å². The van der Waals surface area contributed by atoms with E-state index in [1.54, 1.807) is 4.90 Å². The summed E-state index contributed by atoms with van der Waals surface area (Å²) in [5.41, 5.74) is 1.96. The van der Waals surface area contributed by atoms with Gasteiger partial charge in [-0.2, -0.15) is 0 Å². The van der Waals surface area contributed by atoms with Crippen LogP contribution in [0.3, 0.4) is 0 Å². The third-order valence-corrected chi connectivity index (χ3v) is 5.61. The fourth-order valence-electron chi connectivity index (χ4n) is 3.77. The minimum absolute atomic E-state index is 0.150. The quantitative estimate of drug-likeness (QED) is 0.584. The van der Waals surface area contributed by atoms with Gasteiger partial charge in [0.05, 0.1) is 6.42 Å². The van der Waals surface area contributed by atoms with Crippen LogP contribution in [-0.4, -0.2) is 49.6 Å². The maximum atomic E-state index is 12.5. The molecule has 6 heteroatoms. The highest BCUT2D eigenvalue weighted by atomic mass is 35.5. The number of carbonyl (C=O) groups excluding carboxylic acids is 2. The maximum absolute atomic E-state index is 12.5. The smallest absolute Gasteiger partial charge is 0.310 e. The number of fused-ring (bicyclic) bond motifs is 1. The molecule has 0 bridgehead atoms. The van der Waals surface area contributed by atoms with Crippen molar-refractivity contribution in [2.45, 2.75) is 6.42 Å². The lowest BCUT2D eigenvalue weighted by Crippen LogP contribution is -2.50. The molecule has 154 valence electrons. The van der Waals surface area contributed by atoms with Crippen molar-refractivity contribution < 1.29 is 14.3 Å². The Balaban J connectivity index is 1.27. The Morgan fingerprint density at radius 2 is 1.63 bits per heavy atom. The molecule has 0 atom stereocenters. The van der Waals surface area contributed by atoms with Crippen molar-refractivity contribution in [3.05, 3.63) is 77.3 Å². The van der Waals surface area contributed by atoms with Gasteiger partial charge in [0, 0.05) is 36.9 Å². The molecule has 1 amide bonds. The zero-order valence-electron chi connectivity index (χ0n) is 16.6. The van der Waals surface area contributed by atoms with Gasteiger partial charge in [0.25, 0.3) is 5.91 Å². The molecule has 0 radical (unpaired) electrons. The Hall–Kier alpha value is -3.05. The van der Waals surface area contributed by atoms with Crippen LogP contribution < -0.4 is 4.90 Å². The minimum atomic E-state index is -0.391. The molecule has 0 aliphatic carbocycles. The normalized spacial score (nSPS) is 14.0. The van der Waals surface area contributed by atoms with Crippen molar-refractivity contribution in [2.24, 2.45) is 0 Å². The number of piperazine rings is 1. The standard InChI is InChI=1S/C24H23ClN2O3/c25-20-8-4-9-21(16-20)26-11-13-27(14-12-26)23(28)17-30-24(29)15-19-7-3-6-18-5-1-2-10-22(18)19/h1-10,16H,11-15,17H2. The summed E-state index contributed by atoms with van der Waals surface area (Å²) in [6.07, 6.45) is 0.150. The molecule has 1 fully saturated rings. The summed E-state index contributed by atoms with van der Waals surface area (Å²) in [6.45, 7) is 2.39. The summed E-state index contributed by atoms with van der Waals surface area (Å²) < 4.78 is 5.28. The number of rotatable bonds is 5. The van der Waals surface area contributed by atoms with E-state index in [4.69, 9.17) is 16.3 Å². The summed E-state index contributed by atoms with van der Waals surface area (Å²) in [5, 5.41) is 2.81. The SMILES string of the molecule is O=C(Cc1cccc2ccccc12)OCC(=O)N1CCN(c2cccc(Cl)c2)CC1. The predicted molar refractivity (Wildman–Crippen MR) is 119 cm³/mol. The lowest BCUT2D eigenvalue weighted by Gasteiger charge is -2.36. The van der Waals surface area contributed by atoms with Gasteiger partial charge in [-0.05, 0) is 34.5 Å². The molecule has 3 aromatic rings. The molecule has 0 unspecified atom stereocenters. The van der Waals surface area contributed by atoms with E-state index in [1.807, 2.05) is 66.7 Å². The van der Waals surface area contributed by atoms with E-state index in [9.17, 15) is 9.59 Å². The molecule has 3 aromatic carbocycles. The Morgan fingerprint density at radius 3 is 2.43 bits per heavy atom. The highest BCUT2D eigenvalue weighted by molar-refractivity contribution is 6.30. The van der Waals surface area contributed by atoms with Crippen LogP contribution in [0, 0.1) is 0 Å². The van der Waals surface area contributed by atoms with Gasteiger partial charge in [0.1, 0.15) is 0 Å². The Kier molecular flexibility index (Phi) is 6.19. The van der Waals surface area contributed by atoms with Crippen LogP contribution in [0.2, 0.25) is 5.02 Å². The second kappa shape index (κ2) is 9.18. The number of amides is 1. The average molecular weight is 423 g/mol. The second-order valence-corrected chi connectivity index (χ2v) is 7.76. The number of carbonyl (C=O) groups is 2. The van der Waals surface area contributed by atoms with Crippen molar-refractivity contribution >= 4 is 39.9 Å². The Labute approximate surface area is 180 Å². The lowest BCUT2D eigenvalue weighted by atomic mass is 10.0. The monoisotopic (exact) mass is 422 g/mol. The zero-order valence-corrected chi connectivity index (χ0v) is 17.3. The van der Waals surface area contributed by atoms with E-state index in [0.717, 1.165) is 35.1 Å². The molecule has 1 aliphatic rings. The van der Waals surface area contributed by atoms with Gasteiger partial charge >= 0.3 is 5.97 Å². The Morgan fingerprint density at radius 1 is 0.900 bits per heavy atom. The van der Waals surface area contributed by atoms with Crippen molar-refractivity contribution in [3.8, 4) is 0 Å². The predicted octanol–water partition coefficient (Wildman–Crippen LogP) is 3.93. The summed E-state index contributed by atoms with van der Waals surface area (Å²) >= 11 is 6.06. The summed E-state index contributed by atoms with van der Waals surface area (Å²) in [6, 6.07) is 21.5. The number of ether oxygens (including phenoxy) is 1. The molecular weight excluding hydrogens is 400 g/mol.